The zero-order valence-corrected chi connectivity index (χ0v) is 12.2. The molecule has 1 N–H and O–H groups in total. The molecule has 1 aromatic heterocycles. The highest BCUT2D eigenvalue weighted by Gasteiger charge is 2.20. The summed E-state index contributed by atoms with van der Waals surface area (Å²) in [5, 5.41) is 3.01. The Morgan fingerprint density at radius 2 is 2.00 bits per heavy atom. The Kier molecular flexibility index (Phi) is 4.33. The molecular weight excluding hydrogens is 226 g/mol. The molecular formula is C14H23N3O. The SMILES string of the molecule is CCN(C)C(=O)c1cc(NC)nc(C(C)(C)C)c1. The third kappa shape index (κ3) is 3.22. The van der Waals surface area contributed by atoms with Crippen molar-refractivity contribution in [1.82, 2.24) is 9.88 Å². The quantitative estimate of drug-likeness (QED) is 0.895. The van der Waals surface area contributed by atoms with Crippen molar-refractivity contribution in [2.24, 2.45) is 0 Å². The van der Waals surface area contributed by atoms with Crippen LogP contribution in [0, 0.1) is 0 Å². The highest BCUT2D eigenvalue weighted by Crippen LogP contribution is 2.23. The van der Waals surface area contributed by atoms with Gasteiger partial charge in [0.05, 0.1) is 0 Å². The number of anilines is 1. The summed E-state index contributed by atoms with van der Waals surface area (Å²) in [5.74, 6) is 0.761. The third-order valence-corrected chi connectivity index (χ3v) is 2.92. The van der Waals surface area contributed by atoms with Crippen LogP contribution in [0.3, 0.4) is 0 Å². The van der Waals surface area contributed by atoms with Gasteiger partial charge < -0.3 is 10.2 Å². The van der Waals surface area contributed by atoms with E-state index in [1.165, 1.54) is 0 Å². The number of nitrogens with zero attached hydrogens (tertiary/aromatic N) is 2. The lowest BCUT2D eigenvalue weighted by Crippen LogP contribution is -2.27. The first-order valence-corrected chi connectivity index (χ1v) is 6.25. The number of carbonyl (C=O) groups excluding carboxylic acids is 1. The van der Waals surface area contributed by atoms with E-state index in [-0.39, 0.29) is 11.3 Å². The van der Waals surface area contributed by atoms with Crippen LogP contribution in [0.15, 0.2) is 12.1 Å². The summed E-state index contributed by atoms with van der Waals surface area (Å²) in [5.41, 5.74) is 1.53. The van der Waals surface area contributed by atoms with E-state index >= 15 is 0 Å². The maximum atomic E-state index is 12.2. The van der Waals surface area contributed by atoms with E-state index in [0.717, 1.165) is 11.5 Å². The molecule has 0 spiro atoms. The van der Waals surface area contributed by atoms with Crippen LogP contribution < -0.4 is 5.32 Å². The van der Waals surface area contributed by atoms with Crippen LogP contribution in [-0.4, -0.2) is 36.4 Å². The molecule has 1 heterocycles. The fourth-order valence-electron chi connectivity index (χ4n) is 1.53. The van der Waals surface area contributed by atoms with E-state index in [0.29, 0.717) is 12.1 Å². The summed E-state index contributed by atoms with van der Waals surface area (Å²) in [6.45, 7) is 8.93. The molecule has 4 heteroatoms. The van der Waals surface area contributed by atoms with E-state index in [1.54, 1.807) is 18.0 Å². The normalized spacial score (nSPS) is 11.2. The average Bonchev–Trinajstić information content (AvgIpc) is 2.35. The van der Waals surface area contributed by atoms with Crippen LogP contribution in [0.2, 0.25) is 0 Å². The first-order valence-electron chi connectivity index (χ1n) is 6.25. The lowest BCUT2D eigenvalue weighted by molar-refractivity contribution is 0.0802. The Bertz CT molecular complexity index is 435. The number of nitrogens with one attached hydrogen (secondary N) is 1. The fourth-order valence-corrected chi connectivity index (χ4v) is 1.53. The second-order valence-corrected chi connectivity index (χ2v) is 5.45. The molecule has 1 rings (SSSR count). The Hall–Kier alpha value is -1.58. The van der Waals surface area contributed by atoms with Crippen LogP contribution in [-0.2, 0) is 5.41 Å². The van der Waals surface area contributed by atoms with Crippen LogP contribution in [0.5, 0.6) is 0 Å². The van der Waals surface area contributed by atoms with E-state index in [9.17, 15) is 4.79 Å². The minimum atomic E-state index is -0.0767. The van der Waals surface area contributed by atoms with Gasteiger partial charge in [0, 0.05) is 37.3 Å². The second-order valence-electron chi connectivity index (χ2n) is 5.45. The molecule has 18 heavy (non-hydrogen) atoms. The number of hydrogen-bond acceptors (Lipinski definition) is 3. The molecule has 4 nitrogen and oxygen atoms in total. The number of pyridine rings is 1. The van der Waals surface area contributed by atoms with Gasteiger partial charge in [-0.3, -0.25) is 4.79 Å². The summed E-state index contributed by atoms with van der Waals surface area (Å²) in [6.07, 6.45) is 0. The Morgan fingerprint density at radius 3 is 2.44 bits per heavy atom. The number of amides is 1. The van der Waals surface area contributed by atoms with Gasteiger partial charge in [-0.15, -0.1) is 0 Å². The molecule has 0 bridgehead atoms. The van der Waals surface area contributed by atoms with Gasteiger partial charge in [0.2, 0.25) is 0 Å². The van der Waals surface area contributed by atoms with Gasteiger partial charge in [-0.1, -0.05) is 20.8 Å². The van der Waals surface area contributed by atoms with Gasteiger partial charge in [-0.25, -0.2) is 4.98 Å². The topological polar surface area (TPSA) is 45.2 Å². The maximum Gasteiger partial charge on any atom is 0.253 e. The first-order chi connectivity index (χ1) is 8.29. The van der Waals surface area contributed by atoms with Crippen molar-refractivity contribution < 1.29 is 4.79 Å². The molecule has 0 aliphatic heterocycles. The van der Waals surface area contributed by atoms with Crippen molar-refractivity contribution in [1.29, 1.82) is 0 Å². The molecule has 1 amide bonds. The van der Waals surface area contributed by atoms with Gasteiger partial charge in [-0.05, 0) is 19.1 Å². The summed E-state index contributed by atoms with van der Waals surface area (Å²) >= 11 is 0. The van der Waals surface area contributed by atoms with Gasteiger partial charge in [0.15, 0.2) is 0 Å². The minimum absolute atomic E-state index is 0.0295. The van der Waals surface area contributed by atoms with Gasteiger partial charge in [0.1, 0.15) is 5.82 Å². The monoisotopic (exact) mass is 249 g/mol. The molecule has 0 unspecified atom stereocenters. The van der Waals surface area contributed by atoms with Crippen molar-refractivity contribution in [2.75, 3.05) is 26.0 Å². The highest BCUT2D eigenvalue weighted by molar-refractivity contribution is 5.94. The molecule has 0 aromatic carbocycles. The second kappa shape index (κ2) is 5.38. The van der Waals surface area contributed by atoms with Crippen LogP contribution in [0.1, 0.15) is 43.7 Å². The molecule has 0 aliphatic rings. The number of hydrogen-bond donors (Lipinski definition) is 1. The average molecular weight is 249 g/mol. The molecule has 100 valence electrons. The molecule has 0 atom stereocenters. The molecule has 0 saturated heterocycles. The number of aromatic nitrogens is 1. The highest BCUT2D eigenvalue weighted by atomic mass is 16.2. The number of carbonyl (C=O) groups is 1. The molecule has 0 radical (unpaired) electrons. The van der Waals surface area contributed by atoms with Crippen LogP contribution in [0.4, 0.5) is 5.82 Å². The zero-order chi connectivity index (χ0) is 13.9. The molecule has 0 saturated carbocycles. The zero-order valence-electron chi connectivity index (χ0n) is 12.2. The third-order valence-electron chi connectivity index (χ3n) is 2.92. The predicted molar refractivity (Wildman–Crippen MR) is 75.1 cm³/mol. The van der Waals surface area contributed by atoms with E-state index in [1.807, 2.05) is 20.0 Å². The smallest absolute Gasteiger partial charge is 0.253 e. The first kappa shape index (κ1) is 14.5. The largest absolute Gasteiger partial charge is 0.373 e. The van der Waals surface area contributed by atoms with Crippen LogP contribution >= 0.6 is 0 Å². The molecule has 0 aliphatic carbocycles. The molecule has 1 aromatic rings. The van der Waals surface area contributed by atoms with Gasteiger partial charge >= 0.3 is 0 Å². The van der Waals surface area contributed by atoms with Crippen LogP contribution in [0.25, 0.3) is 0 Å². The van der Waals surface area contributed by atoms with Gasteiger partial charge in [-0.2, -0.15) is 0 Å². The summed E-state index contributed by atoms with van der Waals surface area (Å²) in [6, 6.07) is 3.68. The van der Waals surface area contributed by atoms with E-state index < -0.39 is 0 Å². The summed E-state index contributed by atoms with van der Waals surface area (Å²) in [7, 11) is 3.62. The van der Waals surface area contributed by atoms with E-state index in [2.05, 4.69) is 31.1 Å². The Labute approximate surface area is 109 Å². The lowest BCUT2D eigenvalue weighted by atomic mass is 9.90. The Morgan fingerprint density at radius 1 is 1.39 bits per heavy atom. The van der Waals surface area contributed by atoms with E-state index in [4.69, 9.17) is 0 Å². The van der Waals surface area contributed by atoms with Crippen molar-refractivity contribution in [3.8, 4) is 0 Å². The van der Waals surface area contributed by atoms with Gasteiger partial charge in [0.25, 0.3) is 5.91 Å². The van der Waals surface area contributed by atoms with Crippen molar-refractivity contribution in [3.63, 3.8) is 0 Å². The summed E-state index contributed by atoms with van der Waals surface area (Å²) < 4.78 is 0. The maximum absolute atomic E-state index is 12.2. The summed E-state index contributed by atoms with van der Waals surface area (Å²) in [4.78, 5) is 18.4. The fraction of sp³-hybridized carbons (Fsp3) is 0.571. The Balaban J connectivity index is 3.24. The lowest BCUT2D eigenvalue weighted by Gasteiger charge is -2.21. The van der Waals surface area contributed by atoms with Crippen molar-refractivity contribution in [2.45, 2.75) is 33.1 Å². The molecule has 0 fully saturated rings. The number of rotatable bonds is 3. The van der Waals surface area contributed by atoms with Crippen molar-refractivity contribution in [3.05, 3.63) is 23.4 Å². The standard InChI is InChI=1S/C14H23N3O/c1-7-17(6)13(18)10-8-11(14(2,3)4)16-12(9-10)15-5/h8-9H,7H2,1-6H3,(H,15,16). The minimum Gasteiger partial charge on any atom is -0.373 e. The predicted octanol–water partition coefficient (Wildman–Crippen LogP) is 2.51. The van der Waals surface area contributed by atoms with Crippen molar-refractivity contribution >= 4 is 11.7 Å².